The molecule has 1 N–H and O–H groups in total. The van der Waals surface area contributed by atoms with Crippen molar-refractivity contribution >= 4 is 28.4 Å². The molecule has 17 heavy (non-hydrogen) atoms. The average molecular weight is 279 g/mol. The van der Waals surface area contributed by atoms with Gasteiger partial charge in [0.1, 0.15) is 5.82 Å². The van der Waals surface area contributed by atoms with Crippen LogP contribution in [0.1, 0.15) is 18.9 Å². The number of benzene rings is 1. The largest absolute Gasteiger partial charge is 0.481 e. The van der Waals surface area contributed by atoms with Crippen LogP contribution in [-0.2, 0) is 21.3 Å². The van der Waals surface area contributed by atoms with Gasteiger partial charge in [-0.3, -0.25) is 9.00 Å². The lowest BCUT2D eigenvalue weighted by Crippen LogP contribution is -2.17. The van der Waals surface area contributed by atoms with E-state index in [9.17, 15) is 13.4 Å². The van der Waals surface area contributed by atoms with Gasteiger partial charge in [0.05, 0.1) is 12.2 Å². The van der Waals surface area contributed by atoms with Crippen molar-refractivity contribution in [1.29, 1.82) is 0 Å². The van der Waals surface area contributed by atoms with Gasteiger partial charge >= 0.3 is 5.97 Å². The van der Waals surface area contributed by atoms with Crippen LogP contribution < -0.4 is 0 Å². The Bertz CT molecular complexity index is 430. The van der Waals surface area contributed by atoms with Crippen molar-refractivity contribution in [3.63, 3.8) is 0 Å². The lowest BCUT2D eigenvalue weighted by Gasteiger charge is -2.10. The molecule has 1 aromatic carbocycles. The summed E-state index contributed by atoms with van der Waals surface area (Å²) in [5.74, 6) is -1.61. The van der Waals surface area contributed by atoms with Crippen LogP contribution in [0.2, 0.25) is 5.02 Å². The van der Waals surface area contributed by atoms with E-state index < -0.39 is 27.8 Å². The average Bonchev–Trinajstić information content (AvgIpc) is 2.22. The Morgan fingerprint density at radius 1 is 1.59 bits per heavy atom. The third kappa shape index (κ3) is 4.09. The normalized spacial score (nSPS) is 14.3. The Morgan fingerprint density at radius 3 is 2.76 bits per heavy atom. The molecule has 1 aromatic rings. The van der Waals surface area contributed by atoms with Gasteiger partial charge in [-0.15, -0.1) is 0 Å². The molecule has 1 rings (SSSR count). The molecule has 0 heterocycles. The van der Waals surface area contributed by atoms with Gasteiger partial charge in [0.25, 0.3) is 0 Å². The highest BCUT2D eigenvalue weighted by atomic mass is 35.5. The summed E-state index contributed by atoms with van der Waals surface area (Å²) in [7, 11) is -1.46. The number of aliphatic carboxylic acids is 1. The van der Waals surface area contributed by atoms with Gasteiger partial charge in [-0.1, -0.05) is 24.6 Å². The third-order valence-electron chi connectivity index (χ3n) is 2.26. The molecule has 0 aliphatic heterocycles. The summed E-state index contributed by atoms with van der Waals surface area (Å²) in [4.78, 5) is 10.5. The van der Waals surface area contributed by atoms with Crippen LogP contribution in [0.4, 0.5) is 4.39 Å². The lowest BCUT2D eigenvalue weighted by molar-refractivity contribution is -0.136. The third-order valence-corrected chi connectivity index (χ3v) is 4.25. The number of rotatable bonds is 5. The van der Waals surface area contributed by atoms with Gasteiger partial charge in [0, 0.05) is 26.6 Å². The maximum atomic E-state index is 13.4. The van der Waals surface area contributed by atoms with Gasteiger partial charge in [-0.2, -0.15) is 0 Å². The molecular weight excluding hydrogens is 267 g/mol. The highest BCUT2D eigenvalue weighted by Crippen LogP contribution is 2.21. The molecule has 6 heteroatoms. The minimum Gasteiger partial charge on any atom is -0.481 e. The Labute approximate surface area is 106 Å². The zero-order valence-corrected chi connectivity index (χ0v) is 10.7. The monoisotopic (exact) mass is 278 g/mol. The summed E-state index contributed by atoms with van der Waals surface area (Å²) >= 11 is 5.79. The van der Waals surface area contributed by atoms with Gasteiger partial charge in [0.2, 0.25) is 0 Å². The van der Waals surface area contributed by atoms with Crippen molar-refractivity contribution in [1.82, 2.24) is 0 Å². The Hall–Kier alpha value is -0.940. The predicted molar refractivity (Wildman–Crippen MR) is 65.0 cm³/mol. The minimum absolute atomic E-state index is 0.0695. The number of hydrogen-bond acceptors (Lipinski definition) is 2. The second-order valence-electron chi connectivity index (χ2n) is 3.63. The molecule has 0 fully saturated rings. The molecule has 0 aliphatic rings. The SMILES string of the molecule is CC(CC(=O)O)S(=O)Cc1c(F)cccc1Cl. The second kappa shape index (κ2) is 6.12. The molecule has 0 amide bonds. The van der Waals surface area contributed by atoms with Crippen LogP contribution in [0.3, 0.4) is 0 Å². The number of carboxylic acid groups (broad SMARTS) is 1. The topological polar surface area (TPSA) is 54.4 Å². The second-order valence-corrected chi connectivity index (χ2v) is 5.90. The maximum Gasteiger partial charge on any atom is 0.304 e. The number of hydrogen-bond donors (Lipinski definition) is 1. The van der Waals surface area contributed by atoms with E-state index in [-0.39, 0.29) is 22.8 Å². The summed E-state index contributed by atoms with van der Waals surface area (Å²) in [5, 5.41) is 8.24. The molecular formula is C11H12ClFO3S. The molecule has 2 unspecified atom stereocenters. The molecule has 0 saturated heterocycles. The van der Waals surface area contributed by atoms with Crippen molar-refractivity contribution in [2.75, 3.05) is 0 Å². The predicted octanol–water partition coefficient (Wildman–Crippen LogP) is 2.59. The summed E-state index contributed by atoms with van der Waals surface area (Å²) in [5.41, 5.74) is 0.171. The lowest BCUT2D eigenvalue weighted by atomic mass is 10.2. The van der Waals surface area contributed by atoms with Crippen LogP contribution in [-0.4, -0.2) is 20.5 Å². The van der Waals surface area contributed by atoms with Crippen molar-refractivity contribution in [2.45, 2.75) is 24.3 Å². The quantitative estimate of drug-likeness (QED) is 0.901. The fraction of sp³-hybridized carbons (Fsp3) is 0.364. The first-order valence-corrected chi connectivity index (χ1v) is 6.69. The van der Waals surface area contributed by atoms with E-state index in [2.05, 4.69) is 0 Å². The van der Waals surface area contributed by atoms with Crippen LogP contribution >= 0.6 is 11.6 Å². The summed E-state index contributed by atoms with van der Waals surface area (Å²) in [6.45, 7) is 1.55. The zero-order chi connectivity index (χ0) is 13.0. The van der Waals surface area contributed by atoms with E-state index in [1.165, 1.54) is 18.2 Å². The molecule has 0 saturated carbocycles. The molecule has 0 radical (unpaired) electrons. The standard InChI is InChI=1S/C11H12ClFO3S/c1-7(5-11(14)15)17(16)6-8-9(12)3-2-4-10(8)13/h2-4,7H,5-6H2,1H3,(H,14,15). The maximum absolute atomic E-state index is 13.4. The van der Waals surface area contributed by atoms with E-state index in [0.29, 0.717) is 0 Å². The van der Waals surface area contributed by atoms with Crippen molar-refractivity contribution < 1.29 is 18.5 Å². The summed E-state index contributed by atoms with van der Waals surface area (Å²) in [6.07, 6.45) is -0.210. The first-order valence-electron chi connectivity index (χ1n) is 4.93. The van der Waals surface area contributed by atoms with Gasteiger partial charge in [-0.25, -0.2) is 4.39 Å². The number of halogens is 2. The highest BCUT2D eigenvalue weighted by molar-refractivity contribution is 7.84. The van der Waals surface area contributed by atoms with E-state index in [0.717, 1.165) is 0 Å². The fourth-order valence-electron chi connectivity index (χ4n) is 1.29. The Morgan fingerprint density at radius 2 is 2.24 bits per heavy atom. The van der Waals surface area contributed by atoms with E-state index in [1.54, 1.807) is 6.92 Å². The molecule has 2 atom stereocenters. The molecule has 0 bridgehead atoms. The molecule has 94 valence electrons. The summed E-state index contributed by atoms with van der Waals surface area (Å²) in [6, 6.07) is 4.21. The molecule has 0 aliphatic carbocycles. The number of carbonyl (C=O) groups is 1. The van der Waals surface area contributed by atoms with Crippen LogP contribution in [0.25, 0.3) is 0 Å². The first kappa shape index (κ1) is 14.1. The zero-order valence-electron chi connectivity index (χ0n) is 9.15. The van der Waals surface area contributed by atoms with Crippen LogP contribution in [0, 0.1) is 5.82 Å². The van der Waals surface area contributed by atoms with E-state index >= 15 is 0 Å². The van der Waals surface area contributed by atoms with Crippen molar-refractivity contribution in [3.05, 3.63) is 34.6 Å². The first-order chi connectivity index (χ1) is 7.91. The molecule has 0 spiro atoms. The Kier molecular flexibility index (Phi) is 5.08. The number of carboxylic acids is 1. The highest BCUT2D eigenvalue weighted by Gasteiger charge is 2.18. The van der Waals surface area contributed by atoms with Gasteiger partial charge in [-0.05, 0) is 12.1 Å². The summed E-state index contributed by atoms with van der Waals surface area (Å²) < 4.78 is 25.2. The van der Waals surface area contributed by atoms with Crippen molar-refractivity contribution in [3.8, 4) is 0 Å². The van der Waals surface area contributed by atoms with E-state index in [1.807, 2.05) is 0 Å². The van der Waals surface area contributed by atoms with Crippen molar-refractivity contribution in [2.24, 2.45) is 0 Å². The fourth-order valence-corrected chi connectivity index (χ4v) is 2.79. The van der Waals surface area contributed by atoms with Crippen LogP contribution in [0.5, 0.6) is 0 Å². The minimum atomic E-state index is -1.46. The van der Waals surface area contributed by atoms with Gasteiger partial charge in [0.15, 0.2) is 0 Å². The van der Waals surface area contributed by atoms with E-state index in [4.69, 9.17) is 16.7 Å². The molecule has 0 aromatic heterocycles. The van der Waals surface area contributed by atoms with Gasteiger partial charge < -0.3 is 5.11 Å². The molecule has 3 nitrogen and oxygen atoms in total. The van der Waals surface area contributed by atoms with Crippen LogP contribution in [0.15, 0.2) is 18.2 Å². The Balaban J connectivity index is 2.78. The smallest absolute Gasteiger partial charge is 0.304 e.